The summed E-state index contributed by atoms with van der Waals surface area (Å²) in [4.78, 5) is 16.3. The van der Waals surface area contributed by atoms with Gasteiger partial charge in [0.2, 0.25) is 5.13 Å². The Kier molecular flexibility index (Phi) is 6.76. The molecule has 0 aliphatic heterocycles. The number of methoxy groups -OCH3 is 1. The van der Waals surface area contributed by atoms with E-state index in [1.165, 1.54) is 18.4 Å². The van der Waals surface area contributed by atoms with E-state index in [-0.39, 0.29) is 0 Å². The number of ether oxygens (including phenoxy) is 3. The van der Waals surface area contributed by atoms with E-state index in [4.69, 9.17) is 14.2 Å². The first-order chi connectivity index (χ1) is 12.1. The number of benzene rings is 1. The molecule has 0 atom stereocenters. The van der Waals surface area contributed by atoms with Crippen LogP contribution in [0, 0.1) is 6.92 Å². The fourth-order valence-electron chi connectivity index (χ4n) is 2.04. The second-order valence-electron chi connectivity index (χ2n) is 4.87. The lowest BCUT2D eigenvalue weighted by Gasteiger charge is -2.11. The predicted molar refractivity (Wildman–Crippen MR) is 98.2 cm³/mol. The molecule has 0 aliphatic carbocycles. The van der Waals surface area contributed by atoms with Crippen molar-refractivity contribution in [3.63, 3.8) is 0 Å². The maximum absolute atomic E-state index is 11.6. The Morgan fingerprint density at radius 2 is 2.00 bits per heavy atom. The van der Waals surface area contributed by atoms with Gasteiger partial charge in [0.1, 0.15) is 4.88 Å². The summed E-state index contributed by atoms with van der Waals surface area (Å²) < 4.78 is 15.8. The van der Waals surface area contributed by atoms with Crippen LogP contribution < -0.4 is 14.9 Å². The van der Waals surface area contributed by atoms with Crippen LogP contribution in [-0.2, 0) is 4.74 Å². The van der Waals surface area contributed by atoms with Gasteiger partial charge in [0.25, 0.3) is 0 Å². The lowest BCUT2D eigenvalue weighted by Crippen LogP contribution is -1.99. The number of hydrogen-bond donors (Lipinski definition) is 1. The first-order valence-electron chi connectivity index (χ1n) is 7.83. The monoisotopic (exact) mass is 363 g/mol. The van der Waals surface area contributed by atoms with Crippen LogP contribution in [0.5, 0.6) is 11.5 Å². The van der Waals surface area contributed by atoms with Gasteiger partial charge in [-0.2, -0.15) is 5.10 Å². The minimum absolute atomic E-state index is 0.403. The van der Waals surface area contributed by atoms with E-state index < -0.39 is 5.97 Å². The summed E-state index contributed by atoms with van der Waals surface area (Å²) in [6, 6.07) is 5.58. The van der Waals surface area contributed by atoms with E-state index >= 15 is 0 Å². The quantitative estimate of drug-likeness (QED) is 0.439. The van der Waals surface area contributed by atoms with E-state index in [1.807, 2.05) is 32.0 Å². The minimum atomic E-state index is -0.403. The smallest absolute Gasteiger partial charge is 0.350 e. The predicted octanol–water partition coefficient (Wildman–Crippen LogP) is 3.48. The normalized spacial score (nSPS) is 10.7. The Balaban J connectivity index is 2.09. The highest BCUT2D eigenvalue weighted by Gasteiger charge is 2.15. The van der Waals surface area contributed by atoms with E-state index in [0.29, 0.717) is 40.4 Å². The molecule has 0 amide bonds. The first kappa shape index (κ1) is 18.7. The molecule has 0 fully saturated rings. The maximum atomic E-state index is 11.6. The van der Waals surface area contributed by atoms with Crippen molar-refractivity contribution >= 4 is 28.7 Å². The Hall–Kier alpha value is -2.61. The van der Waals surface area contributed by atoms with Crippen molar-refractivity contribution in [1.29, 1.82) is 0 Å². The fraction of sp³-hybridized carbons (Fsp3) is 0.353. The molecular weight excluding hydrogens is 342 g/mol. The van der Waals surface area contributed by atoms with Crippen LogP contribution >= 0.6 is 11.3 Å². The van der Waals surface area contributed by atoms with Gasteiger partial charge in [-0.25, -0.2) is 9.78 Å². The molecule has 1 aromatic carbocycles. The number of carbonyl (C=O) groups is 1. The second kappa shape index (κ2) is 9.03. The number of nitrogens with zero attached hydrogens (tertiary/aromatic N) is 2. The lowest BCUT2D eigenvalue weighted by atomic mass is 10.2. The Morgan fingerprint density at radius 3 is 2.68 bits per heavy atom. The molecule has 0 bridgehead atoms. The van der Waals surface area contributed by atoms with Gasteiger partial charge >= 0.3 is 5.97 Å². The molecule has 0 saturated carbocycles. The summed E-state index contributed by atoms with van der Waals surface area (Å²) in [7, 11) is 1.34. The highest BCUT2D eigenvalue weighted by molar-refractivity contribution is 7.17. The van der Waals surface area contributed by atoms with Crippen LogP contribution in [0.1, 0.15) is 34.8 Å². The average Bonchev–Trinajstić information content (AvgIpc) is 2.97. The van der Waals surface area contributed by atoms with Gasteiger partial charge in [-0.15, -0.1) is 0 Å². The zero-order chi connectivity index (χ0) is 18.2. The highest BCUT2D eigenvalue weighted by Crippen LogP contribution is 2.28. The zero-order valence-corrected chi connectivity index (χ0v) is 15.5. The molecule has 0 aliphatic rings. The maximum Gasteiger partial charge on any atom is 0.350 e. The van der Waals surface area contributed by atoms with Crippen molar-refractivity contribution in [2.24, 2.45) is 5.10 Å². The number of aromatic nitrogens is 1. The number of aryl methyl sites for hydroxylation is 1. The zero-order valence-electron chi connectivity index (χ0n) is 14.7. The summed E-state index contributed by atoms with van der Waals surface area (Å²) in [5, 5.41) is 4.67. The van der Waals surface area contributed by atoms with E-state index in [2.05, 4.69) is 15.5 Å². The summed E-state index contributed by atoms with van der Waals surface area (Å²) in [5.74, 6) is 0.971. The van der Waals surface area contributed by atoms with Crippen LogP contribution in [0.4, 0.5) is 5.13 Å². The number of rotatable bonds is 8. The molecular formula is C17H21N3O4S. The van der Waals surface area contributed by atoms with Crippen molar-refractivity contribution in [3.05, 3.63) is 34.3 Å². The third-order valence-corrected chi connectivity index (χ3v) is 4.15. The van der Waals surface area contributed by atoms with Gasteiger partial charge in [-0.05, 0) is 44.5 Å². The molecule has 8 heteroatoms. The van der Waals surface area contributed by atoms with Gasteiger partial charge in [-0.1, -0.05) is 11.3 Å². The molecule has 25 heavy (non-hydrogen) atoms. The second-order valence-corrected chi connectivity index (χ2v) is 5.87. The van der Waals surface area contributed by atoms with Crippen molar-refractivity contribution in [2.75, 3.05) is 25.7 Å². The van der Waals surface area contributed by atoms with Crippen molar-refractivity contribution in [1.82, 2.24) is 4.98 Å². The highest BCUT2D eigenvalue weighted by atomic mass is 32.1. The van der Waals surface area contributed by atoms with Crippen LogP contribution in [0.3, 0.4) is 0 Å². The number of anilines is 1. The molecule has 7 nitrogen and oxygen atoms in total. The van der Waals surface area contributed by atoms with Crippen molar-refractivity contribution in [2.45, 2.75) is 20.8 Å². The molecule has 1 N–H and O–H groups in total. The van der Waals surface area contributed by atoms with E-state index in [0.717, 1.165) is 5.56 Å². The summed E-state index contributed by atoms with van der Waals surface area (Å²) in [5.41, 5.74) is 4.28. The standard InChI is InChI=1S/C17H21N3O4S/c1-5-23-13-8-7-12(9-14(13)24-6-2)10-18-20-17-19-11(3)15(25-17)16(21)22-4/h7-10H,5-6H2,1-4H3,(H,19,20)/b18-10-. The topological polar surface area (TPSA) is 82.0 Å². The summed E-state index contributed by atoms with van der Waals surface area (Å²) in [6.45, 7) is 6.71. The van der Waals surface area contributed by atoms with E-state index in [9.17, 15) is 4.79 Å². The molecule has 134 valence electrons. The largest absolute Gasteiger partial charge is 0.490 e. The molecule has 2 rings (SSSR count). The van der Waals surface area contributed by atoms with Crippen LogP contribution in [0.25, 0.3) is 0 Å². The molecule has 0 spiro atoms. The Bertz CT molecular complexity index is 758. The Morgan fingerprint density at radius 1 is 1.28 bits per heavy atom. The number of hydrogen-bond acceptors (Lipinski definition) is 8. The number of carbonyl (C=O) groups excluding carboxylic acids is 1. The Labute approximate surface area is 150 Å². The number of esters is 1. The minimum Gasteiger partial charge on any atom is -0.490 e. The van der Waals surface area contributed by atoms with Gasteiger partial charge in [0, 0.05) is 0 Å². The van der Waals surface area contributed by atoms with Crippen LogP contribution in [0.2, 0.25) is 0 Å². The van der Waals surface area contributed by atoms with Gasteiger partial charge in [-0.3, -0.25) is 5.43 Å². The van der Waals surface area contributed by atoms with Gasteiger partial charge in [0.05, 0.1) is 32.2 Å². The molecule has 0 unspecified atom stereocenters. The first-order valence-corrected chi connectivity index (χ1v) is 8.65. The fourth-order valence-corrected chi connectivity index (χ4v) is 2.87. The molecule has 0 saturated heterocycles. The number of hydrazone groups is 1. The summed E-state index contributed by atoms with van der Waals surface area (Å²) in [6.07, 6.45) is 1.65. The van der Waals surface area contributed by atoms with Crippen molar-refractivity contribution in [3.8, 4) is 11.5 Å². The van der Waals surface area contributed by atoms with Gasteiger partial charge in [0.15, 0.2) is 11.5 Å². The van der Waals surface area contributed by atoms with Crippen molar-refractivity contribution < 1.29 is 19.0 Å². The lowest BCUT2D eigenvalue weighted by molar-refractivity contribution is 0.0605. The molecule has 2 aromatic rings. The molecule has 1 heterocycles. The molecule has 0 radical (unpaired) electrons. The summed E-state index contributed by atoms with van der Waals surface area (Å²) >= 11 is 1.19. The SMILES string of the molecule is CCOc1ccc(/C=N\Nc2nc(C)c(C(=O)OC)s2)cc1OCC. The van der Waals surface area contributed by atoms with E-state index in [1.54, 1.807) is 13.1 Å². The number of thiazole rings is 1. The van der Waals surface area contributed by atoms with Gasteiger partial charge < -0.3 is 14.2 Å². The van der Waals surface area contributed by atoms with Crippen LogP contribution in [0.15, 0.2) is 23.3 Å². The molecule has 1 aromatic heterocycles. The third kappa shape index (κ3) is 4.93. The van der Waals surface area contributed by atoms with Crippen LogP contribution in [-0.4, -0.2) is 37.5 Å². The number of nitrogens with one attached hydrogen (secondary N) is 1. The third-order valence-electron chi connectivity index (χ3n) is 3.11. The average molecular weight is 363 g/mol.